The fourth-order valence-electron chi connectivity index (χ4n) is 13.5. The highest BCUT2D eigenvalue weighted by molar-refractivity contribution is 9.10. The van der Waals surface area contributed by atoms with E-state index in [2.05, 4.69) is 102 Å². The van der Waals surface area contributed by atoms with E-state index in [4.69, 9.17) is 56.3 Å². The largest absolute Gasteiger partial charge is 0.488 e. The summed E-state index contributed by atoms with van der Waals surface area (Å²) in [6.45, 7) is 7.18. The molecule has 6 aliphatic heterocycles. The topological polar surface area (TPSA) is 353 Å². The molecule has 0 bridgehead atoms. The second-order valence-corrected chi connectivity index (χ2v) is 26.0. The molecule has 0 radical (unpaired) electrons. The van der Waals surface area contributed by atoms with E-state index in [1.54, 1.807) is 49.2 Å². The van der Waals surface area contributed by atoms with Crippen molar-refractivity contribution in [1.29, 1.82) is 0 Å². The lowest BCUT2D eigenvalue weighted by Gasteiger charge is -2.39. The number of pyridine rings is 3. The highest BCUT2D eigenvalue weighted by atomic mass is 79.9. The van der Waals surface area contributed by atoms with Crippen molar-refractivity contribution >= 4 is 154 Å². The van der Waals surface area contributed by atoms with Crippen LogP contribution in [0, 0.1) is 16.2 Å². The molecule has 3 spiro atoms. The van der Waals surface area contributed by atoms with Crippen molar-refractivity contribution in [3.63, 3.8) is 0 Å². The first-order chi connectivity index (χ1) is 44.4. The number of hydrogen-bond acceptors (Lipinski definition) is 18. The molecule has 4 amide bonds. The third kappa shape index (κ3) is 13.3. The zero-order valence-corrected chi connectivity index (χ0v) is 53.9. The summed E-state index contributed by atoms with van der Waals surface area (Å²) in [5, 5.41) is 54.2. The van der Waals surface area contributed by atoms with Gasteiger partial charge in [0.1, 0.15) is 0 Å². The van der Waals surface area contributed by atoms with Gasteiger partial charge in [0.25, 0.3) is 0 Å². The van der Waals surface area contributed by atoms with Crippen molar-refractivity contribution in [2.24, 2.45) is 16.2 Å². The van der Waals surface area contributed by atoms with E-state index in [-0.39, 0.29) is 41.4 Å². The van der Waals surface area contributed by atoms with Gasteiger partial charge in [-0.05, 0) is 127 Å². The number of ether oxygens (including phenoxy) is 1. The normalized spacial score (nSPS) is 17.6. The van der Waals surface area contributed by atoms with E-state index in [0.29, 0.717) is 43.5 Å². The number of nitrogens with one attached hydrogen (secondary N) is 7. The molecule has 6 aromatic heterocycles. The molecule has 3 aromatic carbocycles. The fourth-order valence-corrected chi connectivity index (χ4v) is 15.1. The second-order valence-electron chi connectivity index (χ2n) is 23.9. The molecule has 13 N–H and O–H groups in total. The van der Waals surface area contributed by atoms with E-state index >= 15 is 0 Å². The van der Waals surface area contributed by atoms with Crippen molar-refractivity contribution < 1.29 is 34.0 Å². The van der Waals surface area contributed by atoms with Crippen LogP contribution in [0.1, 0.15) is 65.2 Å². The van der Waals surface area contributed by atoms with Crippen molar-refractivity contribution in [2.45, 2.75) is 65.2 Å². The highest BCUT2D eigenvalue weighted by Crippen LogP contribution is 2.47. The van der Waals surface area contributed by atoms with Gasteiger partial charge in [0.2, 0.25) is 17.7 Å². The van der Waals surface area contributed by atoms with Gasteiger partial charge in [0.15, 0.2) is 17.5 Å². The minimum absolute atomic E-state index is 0. The Bertz CT molecular complexity index is 4240. The molecule has 0 atom stereocenters. The number of benzene rings is 3. The number of carbonyl (C=O) groups is 4. The van der Waals surface area contributed by atoms with Crippen molar-refractivity contribution in [2.75, 3.05) is 97.5 Å². The molecule has 9 aromatic rings. The molecule has 0 saturated carbocycles. The number of H-pyrrole nitrogens is 3. The Morgan fingerprint density at radius 1 is 0.559 bits per heavy atom. The number of piperidine rings is 3. The minimum atomic E-state index is -1.46. The van der Waals surface area contributed by atoms with Crippen LogP contribution in [0.3, 0.4) is 0 Å². The van der Waals surface area contributed by atoms with Gasteiger partial charge in [-0.2, -0.15) is 15.3 Å². The van der Waals surface area contributed by atoms with Gasteiger partial charge >= 0.3 is 13.2 Å². The first-order valence-corrected chi connectivity index (χ1v) is 32.1. The summed E-state index contributed by atoms with van der Waals surface area (Å²) in [7, 11) is -0.161. The van der Waals surface area contributed by atoms with Crippen LogP contribution in [0.2, 0.25) is 15.1 Å². The van der Waals surface area contributed by atoms with Crippen molar-refractivity contribution in [3.8, 4) is 22.3 Å². The minimum Gasteiger partial charge on any atom is -0.453 e. The van der Waals surface area contributed by atoms with Crippen LogP contribution in [0.15, 0.2) is 96.3 Å². The van der Waals surface area contributed by atoms with Gasteiger partial charge in [0.05, 0.1) is 76.5 Å². The second kappa shape index (κ2) is 27.6. The Morgan fingerprint density at radius 2 is 0.946 bits per heavy atom. The Balaban J connectivity index is 0.000000132. The average molecular weight is 1390 g/mol. The summed E-state index contributed by atoms with van der Waals surface area (Å²) in [5.41, 5.74) is 20.3. The summed E-state index contributed by atoms with van der Waals surface area (Å²) in [5.74, 6) is 1.91. The maximum Gasteiger partial charge on any atom is 0.488 e. The van der Waals surface area contributed by atoms with Crippen molar-refractivity contribution in [1.82, 2.24) is 61.5 Å². The molecule has 12 heterocycles. The van der Waals surface area contributed by atoms with Crippen LogP contribution >= 0.6 is 50.7 Å². The predicted molar refractivity (Wildman–Crippen MR) is 368 cm³/mol. The van der Waals surface area contributed by atoms with Gasteiger partial charge in [-0.3, -0.25) is 49.9 Å². The van der Waals surface area contributed by atoms with Gasteiger partial charge in [-0.1, -0.05) is 60.4 Å². The molecule has 15 rings (SSSR count). The molecule has 6 fully saturated rings. The van der Waals surface area contributed by atoms with E-state index < -0.39 is 13.2 Å². The molecule has 93 heavy (non-hydrogen) atoms. The summed E-state index contributed by atoms with van der Waals surface area (Å²) in [4.78, 5) is 67.6. The van der Waals surface area contributed by atoms with E-state index in [9.17, 15) is 19.2 Å². The van der Waals surface area contributed by atoms with E-state index in [1.165, 1.54) is 7.11 Å². The van der Waals surface area contributed by atoms with Crippen LogP contribution in [0.4, 0.5) is 39.3 Å². The third-order valence-electron chi connectivity index (χ3n) is 18.9. The molecule has 6 aliphatic rings. The molecular formula is C63H71BBrCl3N18O7. The number of methoxy groups -OCH3 is 1. The lowest BCUT2D eigenvalue weighted by Crippen LogP contribution is -2.44. The Kier molecular flexibility index (Phi) is 19.6. The maximum atomic E-state index is 12.4. The molecule has 30 heteroatoms. The van der Waals surface area contributed by atoms with Gasteiger partial charge in [0, 0.05) is 123 Å². The predicted octanol–water partition coefficient (Wildman–Crippen LogP) is 8.60. The lowest BCUT2D eigenvalue weighted by atomic mass is 9.77. The summed E-state index contributed by atoms with van der Waals surface area (Å²) in [6, 6.07) is 16.7. The van der Waals surface area contributed by atoms with Gasteiger partial charge in [-0.15, -0.1) is 0 Å². The van der Waals surface area contributed by atoms with E-state index in [1.807, 2.05) is 42.6 Å². The maximum absolute atomic E-state index is 12.4. The highest BCUT2D eigenvalue weighted by Gasteiger charge is 2.47. The number of aromatic nitrogens is 9. The monoisotopic (exact) mass is 1390 g/mol. The third-order valence-corrected chi connectivity index (χ3v) is 20.3. The number of halogens is 4. The number of nitrogen functional groups attached to an aromatic ring is 2. The van der Waals surface area contributed by atoms with Crippen LogP contribution in [0.25, 0.3) is 55.0 Å². The molecule has 486 valence electrons. The summed E-state index contributed by atoms with van der Waals surface area (Å²) >= 11 is 22.9. The number of anilines is 6. The number of carbonyl (C=O) groups excluding carboxylic acids is 4. The van der Waals surface area contributed by atoms with Crippen LogP contribution in [0.5, 0.6) is 0 Å². The number of hydrogen-bond donors (Lipinski definition) is 11. The molecule has 0 unspecified atom stereocenters. The van der Waals surface area contributed by atoms with Gasteiger partial charge in [-0.25, -0.2) is 4.79 Å². The Hall–Kier alpha value is -8.47. The quantitative estimate of drug-likeness (QED) is 0.0665. The van der Waals surface area contributed by atoms with Crippen LogP contribution < -0.4 is 52.9 Å². The number of rotatable bonds is 7. The lowest BCUT2D eigenvalue weighted by molar-refractivity contribution is -0.129. The first kappa shape index (κ1) is 66.0. The number of aromatic amines is 3. The van der Waals surface area contributed by atoms with E-state index in [0.717, 1.165) is 188 Å². The standard InChI is InChI=1S/C22H23ClN6O3.C20H21ClN6O.C13H15BrClN3O.C7H8BN3O2.CH4/c1-32-21(31)26-19-14-3-2-13(10-17(14)27-28-19)15-11-24-12-16(23)18(15)29-8-5-22(6-9-29)4-7-25-20(22)30;21-15-11-23-10-14(12-1-2-13-16(9-12)25-26-18(13)22)17(15)27-7-4-20(5-8-27)3-6-24-19(20)28;14-9-7-16-8-10(15)11(9)18-5-2-13(3-6-18)1-4-17-12(13)19;9-7-5-2-1-4(8(12)13)3-6(5)10-11-7;/h2-3,10-12H,4-9H2,1H3,(H,25,30)(H2,26,27,28,31);1-2,9-11H,3-8H2,(H,24,28)(H3,22,25,26);7-8H,1-6H2,(H,17,19);1-3,12-13H,(H3,9,10,11);1H4. The zero-order chi connectivity index (χ0) is 64.5. The molecule has 0 aliphatic carbocycles. The summed E-state index contributed by atoms with van der Waals surface area (Å²) in [6.07, 6.45) is 17.7. The summed E-state index contributed by atoms with van der Waals surface area (Å²) < 4.78 is 5.55. The molecular weight excluding hydrogens is 1320 g/mol. The van der Waals surface area contributed by atoms with Crippen LogP contribution in [-0.2, 0) is 19.1 Å². The number of nitrogens with zero attached hydrogens (tertiary/aromatic N) is 9. The Labute approximate surface area is 559 Å². The molecule has 6 saturated heterocycles. The number of amides is 4. The molecule has 25 nitrogen and oxygen atoms in total. The SMILES string of the molecule is C.COC(=O)Nc1n[nH]c2cc(-c3cncc(Cl)c3N3CCC4(CCNC4=O)CC3)ccc12.Nc1n[nH]c2cc(-c3cncc(Cl)c3N3CCC4(CCNC4=O)CC3)ccc12.Nc1n[nH]c2cc(B(O)O)ccc12.O=C1NCCC12CCN(c1c(Cl)cncc1Br)CC2. The van der Waals surface area contributed by atoms with Gasteiger partial charge < -0.3 is 56.9 Å². The Morgan fingerprint density at radius 3 is 1.37 bits per heavy atom. The fraction of sp³-hybridized carbons (Fsp3) is 0.365. The van der Waals surface area contributed by atoms with Crippen LogP contribution in [-0.4, -0.2) is 153 Å². The smallest absolute Gasteiger partial charge is 0.453 e. The number of fused-ring (bicyclic) bond motifs is 3. The number of nitrogens with two attached hydrogens (primary N) is 2. The first-order valence-electron chi connectivity index (χ1n) is 30.2. The zero-order valence-electron chi connectivity index (χ0n) is 50.1. The average Bonchev–Trinajstić information content (AvgIpc) is 1.78. The van der Waals surface area contributed by atoms with Crippen molar-refractivity contribution in [3.05, 3.63) is 111 Å².